The highest BCUT2D eigenvalue weighted by Crippen LogP contribution is 2.19. The summed E-state index contributed by atoms with van der Waals surface area (Å²) in [4.78, 5) is 0. The molecule has 0 unspecified atom stereocenters. The summed E-state index contributed by atoms with van der Waals surface area (Å²) in [6.45, 7) is 1.96. The molecule has 90 valence electrons. The van der Waals surface area contributed by atoms with E-state index in [4.69, 9.17) is 0 Å². The first-order valence-corrected chi connectivity index (χ1v) is 7.38. The minimum absolute atomic E-state index is 0.173. The van der Waals surface area contributed by atoms with Crippen molar-refractivity contribution in [2.45, 2.75) is 57.6 Å². The number of unbranched alkanes of at least 4 members (excludes halogenated alkanes) is 1. The Kier molecular flexibility index (Phi) is 5.02. The molecule has 0 aromatic carbocycles. The van der Waals surface area contributed by atoms with Gasteiger partial charge in [-0.25, -0.2) is 13.1 Å². The molecule has 1 aliphatic carbocycles. The van der Waals surface area contributed by atoms with Crippen LogP contribution < -0.4 is 4.72 Å². The maximum atomic E-state index is 11.6. The topological polar surface area (TPSA) is 66.4 Å². The van der Waals surface area contributed by atoms with E-state index < -0.39 is 16.1 Å². The molecule has 0 spiro atoms. The van der Waals surface area contributed by atoms with Gasteiger partial charge in [0.2, 0.25) is 10.0 Å². The summed E-state index contributed by atoms with van der Waals surface area (Å²) < 4.78 is 25.8. The number of hydrogen-bond acceptors (Lipinski definition) is 3. The van der Waals surface area contributed by atoms with Crippen LogP contribution in [0.15, 0.2) is 0 Å². The molecule has 0 bridgehead atoms. The first-order chi connectivity index (χ1) is 7.05. The molecular weight excluding hydrogens is 214 g/mol. The standard InChI is InChI=1S/C10H21NO3S/c1-2-3-8-15(13,14)11-9-6-4-5-7-10(9)12/h9-12H,2-8H2,1H3/t9-,10-/m1/s1. The van der Waals surface area contributed by atoms with E-state index in [0.29, 0.717) is 12.8 Å². The second-order valence-electron chi connectivity index (χ2n) is 4.25. The van der Waals surface area contributed by atoms with Crippen molar-refractivity contribution in [3.63, 3.8) is 0 Å². The Labute approximate surface area is 92.1 Å². The molecule has 5 heteroatoms. The summed E-state index contributed by atoms with van der Waals surface area (Å²) in [5, 5.41) is 9.63. The van der Waals surface area contributed by atoms with Gasteiger partial charge in [-0.15, -0.1) is 0 Å². The van der Waals surface area contributed by atoms with Gasteiger partial charge in [0, 0.05) is 6.04 Å². The number of nitrogens with one attached hydrogen (secondary N) is 1. The normalized spacial score (nSPS) is 27.9. The Balaban J connectivity index is 2.44. The molecule has 1 fully saturated rings. The molecule has 4 nitrogen and oxygen atoms in total. The SMILES string of the molecule is CCCCS(=O)(=O)N[C@@H]1CCCC[C@H]1O. The number of hydrogen-bond donors (Lipinski definition) is 2. The molecule has 1 aliphatic rings. The van der Waals surface area contributed by atoms with Gasteiger partial charge in [-0.2, -0.15) is 0 Å². The van der Waals surface area contributed by atoms with E-state index >= 15 is 0 Å². The molecule has 0 aromatic rings. The second kappa shape index (κ2) is 5.82. The van der Waals surface area contributed by atoms with Crippen LogP contribution in [0.25, 0.3) is 0 Å². The van der Waals surface area contributed by atoms with Crippen molar-refractivity contribution >= 4 is 10.0 Å². The molecule has 0 heterocycles. The van der Waals surface area contributed by atoms with E-state index in [9.17, 15) is 13.5 Å². The Morgan fingerprint density at radius 1 is 1.33 bits per heavy atom. The zero-order chi connectivity index (χ0) is 11.3. The minimum Gasteiger partial charge on any atom is -0.391 e. The lowest BCUT2D eigenvalue weighted by molar-refractivity contribution is 0.101. The molecule has 2 N–H and O–H groups in total. The van der Waals surface area contributed by atoms with Crippen molar-refractivity contribution in [2.75, 3.05) is 5.75 Å². The first kappa shape index (κ1) is 12.9. The van der Waals surface area contributed by atoms with Gasteiger partial charge < -0.3 is 5.11 Å². The van der Waals surface area contributed by atoms with Crippen LogP contribution in [-0.2, 0) is 10.0 Å². The Hall–Kier alpha value is -0.130. The number of sulfonamides is 1. The molecule has 0 amide bonds. The summed E-state index contributed by atoms with van der Waals surface area (Å²) in [5.74, 6) is 0.173. The zero-order valence-electron chi connectivity index (χ0n) is 9.28. The van der Waals surface area contributed by atoms with E-state index in [-0.39, 0.29) is 11.8 Å². The van der Waals surface area contributed by atoms with E-state index in [1.165, 1.54) is 0 Å². The summed E-state index contributed by atoms with van der Waals surface area (Å²) in [7, 11) is -3.19. The molecule has 1 rings (SSSR count). The van der Waals surface area contributed by atoms with Crippen LogP contribution in [0.3, 0.4) is 0 Å². The van der Waals surface area contributed by atoms with E-state index in [1.807, 2.05) is 6.92 Å². The largest absolute Gasteiger partial charge is 0.391 e. The smallest absolute Gasteiger partial charge is 0.211 e. The lowest BCUT2D eigenvalue weighted by Gasteiger charge is -2.28. The molecular formula is C10H21NO3S. The fourth-order valence-electron chi connectivity index (χ4n) is 1.87. The average molecular weight is 235 g/mol. The average Bonchev–Trinajstić information content (AvgIpc) is 2.18. The molecule has 15 heavy (non-hydrogen) atoms. The predicted octanol–water partition coefficient (Wildman–Crippen LogP) is 1.01. The van der Waals surface area contributed by atoms with Gasteiger partial charge in [-0.3, -0.25) is 0 Å². The van der Waals surface area contributed by atoms with Gasteiger partial charge in [-0.05, 0) is 19.3 Å². The Morgan fingerprint density at radius 3 is 2.60 bits per heavy atom. The predicted molar refractivity (Wildman–Crippen MR) is 60.1 cm³/mol. The van der Waals surface area contributed by atoms with Crippen molar-refractivity contribution in [2.24, 2.45) is 0 Å². The van der Waals surface area contributed by atoms with E-state index in [1.54, 1.807) is 0 Å². The summed E-state index contributed by atoms with van der Waals surface area (Å²) in [6.07, 6.45) is 4.50. The summed E-state index contributed by atoms with van der Waals surface area (Å²) >= 11 is 0. The van der Waals surface area contributed by atoms with Gasteiger partial charge in [0.25, 0.3) is 0 Å². The Bertz CT molecular complexity index is 276. The van der Waals surface area contributed by atoms with Crippen molar-refractivity contribution in [1.29, 1.82) is 0 Å². The zero-order valence-corrected chi connectivity index (χ0v) is 10.1. The maximum Gasteiger partial charge on any atom is 0.211 e. The van der Waals surface area contributed by atoms with Crippen LogP contribution in [0, 0.1) is 0 Å². The maximum absolute atomic E-state index is 11.6. The van der Waals surface area contributed by atoms with Crippen molar-refractivity contribution < 1.29 is 13.5 Å². The molecule has 2 atom stereocenters. The van der Waals surface area contributed by atoms with Crippen LogP contribution in [0.1, 0.15) is 45.4 Å². The van der Waals surface area contributed by atoms with E-state index in [2.05, 4.69) is 4.72 Å². The fraction of sp³-hybridized carbons (Fsp3) is 1.00. The monoisotopic (exact) mass is 235 g/mol. The number of aliphatic hydroxyl groups excluding tert-OH is 1. The lowest BCUT2D eigenvalue weighted by atomic mass is 9.93. The molecule has 0 radical (unpaired) electrons. The molecule has 0 aliphatic heterocycles. The third kappa shape index (κ3) is 4.49. The highest BCUT2D eigenvalue weighted by atomic mass is 32.2. The van der Waals surface area contributed by atoms with E-state index in [0.717, 1.165) is 25.7 Å². The highest BCUT2D eigenvalue weighted by Gasteiger charge is 2.26. The second-order valence-corrected chi connectivity index (χ2v) is 6.12. The van der Waals surface area contributed by atoms with Gasteiger partial charge in [0.1, 0.15) is 0 Å². The van der Waals surface area contributed by atoms with Crippen LogP contribution in [0.4, 0.5) is 0 Å². The molecule has 0 saturated heterocycles. The van der Waals surface area contributed by atoms with Crippen LogP contribution in [0.5, 0.6) is 0 Å². The first-order valence-electron chi connectivity index (χ1n) is 5.73. The number of aliphatic hydroxyl groups is 1. The van der Waals surface area contributed by atoms with Gasteiger partial charge in [-0.1, -0.05) is 26.2 Å². The van der Waals surface area contributed by atoms with Crippen molar-refractivity contribution in [3.8, 4) is 0 Å². The molecule has 1 saturated carbocycles. The van der Waals surface area contributed by atoms with Gasteiger partial charge in [0.05, 0.1) is 11.9 Å². The summed E-state index contributed by atoms with van der Waals surface area (Å²) in [6, 6.07) is -0.263. The summed E-state index contributed by atoms with van der Waals surface area (Å²) in [5.41, 5.74) is 0. The third-order valence-electron chi connectivity index (χ3n) is 2.83. The third-order valence-corrected chi connectivity index (χ3v) is 4.32. The van der Waals surface area contributed by atoms with Crippen molar-refractivity contribution in [3.05, 3.63) is 0 Å². The lowest BCUT2D eigenvalue weighted by Crippen LogP contribution is -2.45. The fourth-order valence-corrected chi connectivity index (χ4v) is 3.40. The quantitative estimate of drug-likeness (QED) is 0.747. The highest BCUT2D eigenvalue weighted by molar-refractivity contribution is 7.89. The van der Waals surface area contributed by atoms with Gasteiger partial charge >= 0.3 is 0 Å². The van der Waals surface area contributed by atoms with Gasteiger partial charge in [0.15, 0.2) is 0 Å². The van der Waals surface area contributed by atoms with Crippen LogP contribution in [0.2, 0.25) is 0 Å². The van der Waals surface area contributed by atoms with Crippen LogP contribution in [-0.4, -0.2) is 31.4 Å². The molecule has 0 aromatic heterocycles. The minimum atomic E-state index is -3.19. The van der Waals surface area contributed by atoms with Crippen LogP contribution >= 0.6 is 0 Å². The van der Waals surface area contributed by atoms with Crippen molar-refractivity contribution in [1.82, 2.24) is 4.72 Å². The number of rotatable bonds is 5. The Morgan fingerprint density at radius 2 is 2.00 bits per heavy atom.